The van der Waals surface area contributed by atoms with Crippen LogP contribution in [-0.4, -0.2) is 6.54 Å². The van der Waals surface area contributed by atoms with E-state index in [2.05, 4.69) is 12.2 Å². The second-order valence-electron chi connectivity index (χ2n) is 4.80. The first-order valence-electron chi connectivity index (χ1n) is 6.40. The third-order valence-electron chi connectivity index (χ3n) is 3.54. The molecule has 1 saturated carbocycles. The van der Waals surface area contributed by atoms with Crippen molar-refractivity contribution >= 4 is 0 Å². The second-order valence-corrected chi connectivity index (χ2v) is 4.80. The highest BCUT2D eigenvalue weighted by Gasteiger charge is 2.28. The molecule has 0 aromatic heterocycles. The van der Waals surface area contributed by atoms with Crippen LogP contribution < -0.4 is 5.32 Å². The van der Waals surface area contributed by atoms with Crippen LogP contribution >= 0.6 is 0 Å². The molecular formula is C14H19F2N. The van der Waals surface area contributed by atoms with Gasteiger partial charge in [-0.2, -0.15) is 0 Å². The van der Waals surface area contributed by atoms with E-state index in [1.165, 1.54) is 31.4 Å². The molecule has 1 aliphatic carbocycles. The average molecular weight is 239 g/mol. The lowest BCUT2D eigenvalue weighted by Gasteiger charge is -2.35. The zero-order chi connectivity index (χ0) is 12.3. The first-order valence-corrected chi connectivity index (χ1v) is 6.40. The van der Waals surface area contributed by atoms with E-state index in [4.69, 9.17) is 0 Å². The molecule has 1 unspecified atom stereocenters. The molecule has 1 aromatic rings. The van der Waals surface area contributed by atoms with Crippen molar-refractivity contribution in [2.24, 2.45) is 5.92 Å². The number of nitrogens with one attached hydrogen (secondary N) is 1. The molecule has 1 atom stereocenters. The molecule has 94 valence electrons. The Kier molecular flexibility index (Phi) is 4.11. The fourth-order valence-corrected chi connectivity index (χ4v) is 2.34. The van der Waals surface area contributed by atoms with Gasteiger partial charge in [0, 0.05) is 6.04 Å². The molecule has 3 heteroatoms. The molecule has 0 spiro atoms. The van der Waals surface area contributed by atoms with E-state index in [1.54, 1.807) is 6.07 Å². The Labute approximate surface area is 101 Å². The lowest BCUT2D eigenvalue weighted by molar-refractivity contribution is 0.230. The zero-order valence-electron chi connectivity index (χ0n) is 10.2. The van der Waals surface area contributed by atoms with Gasteiger partial charge in [0.15, 0.2) is 11.6 Å². The number of hydrogen-bond donors (Lipinski definition) is 1. The summed E-state index contributed by atoms with van der Waals surface area (Å²) in [6, 6.07) is 4.44. The zero-order valence-corrected chi connectivity index (χ0v) is 10.2. The Balaban J connectivity index is 2.15. The van der Waals surface area contributed by atoms with Crippen molar-refractivity contribution in [3.8, 4) is 0 Å². The Hall–Kier alpha value is -0.960. The summed E-state index contributed by atoms with van der Waals surface area (Å²) >= 11 is 0. The smallest absolute Gasteiger partial charge is 0.159 e. The second kappa shape index (κ2) is 5.58. The standard InChI is InChI=1S/C14H19F2N/c1-2-8-17-14(10-4-3-5-10)11-6-7-12(15)13(16)9-11/h6-7,9-10,14,17H,2-5,8H2,1H3. The van der Waals surface area contributed by atoms with Crippen molar-refractivity contribution in [1.29, 1.82) is 0 Å². The van der Waals surface area contributed by atoms with Crippen LogP contribution in [0, 0.1) is 17.6 Å². The van der Waals surface area contributed by atoms with Gasteiger partial charge in [-0.1, -0.05) is 19.4 Å². The van der Waals surface area contributed by atoms with Gasteiger partial charge in [-0.25, -0.2) is 8.78 Å². The predicted molar refractivity (Wildman–Crippen MR) is 64.7 cm³/mol. The van der Waals surface area contributed by atoms with Crippen LogP contribution in [0.4, 0.5) is 8.78 Å². The third-order valence-corrected chi connectivity index (χ3v) is 3.54. The van der Waals surface area contributed by atoms with Gasteiger partial charge in [-0.05, 0) is 49.4 Å². The first kappa shape index (κ1) is 12.5. The molecule has 0 radical (unpaired) electrons. The van der Waals surface area contributed by atoms with Crippen LogP contribution in [0.15, 0.2) is 18.2 Å². The van der Waals surface area contributed by atoms with Gasteiger partial charge in [-0.3, -0.25) is 0 Å². The highest BCUT2D eigenvalue weighted by Crippen LogP contribution is 2.37. The summed E-state index contributed by atoms with van der Waals surface area (Å²) in [5.74, 6) is -0.937. The minimum atomic E-state index is -0.767. The highest BCUT2D eigenvalue weighted by atomic mass is 19.2. The largest absolute Gasteiger partial charge is 0.310 e. The van der Waals surface area contributed by atoms with Gasteiger partial charge in [0.05, 0.1) is 0 Å². The lowest BCUT2D eigenvalue weighted by atomic mass is 9.77. The Morgan fingerprint density at radius 2 is 2.06 bits per heavy atom. The van der Waals surface area contributed by atoms with E-state index in [0.717, 1.165) is 18.5 Å². The summed E-state index contributed by atoms with van der Waals surface area (Å²) in [6.07, 6.45) is 4.66. The first-order chi connectivity index (χ1) is 8.22. The summed E-state index contributed by atoms with van der Waals surface area (Å²) in [5, 5.41) is 3.45. The van der Waals surface area contributed by atoms with Gasteiger partial charge in [0.2, 0.25) is 0 Å². The van der Waals surface area contributed by atoms with Gasteiger partial charge in [0.25, 0.3) is 0 Å². The summed E-state index contributed by atoms with van der Waals surface area (Å²) in [5.41, 5.74) is 0.877. The topological polar surface area (TPSA) is 12.0 Å². The molecule has 1 aromatic carbocycles. The molecule has 0 bridgehead atoms. The van der Waals surface area contributed by atoms with Crippen LogP contribution in [0.1, 0.15) is 44.2 Å². The molecule has 1 aliphatic rings. The monoisotopic (exact) mass is 239 g/mol. The molecular weight excluding hydrogens is 220 g/mol. The maximum atomic E-state index is 13.2. The molecule has 1 N–H and O–H groups in total. The van der Waals surface area contributed by atoms with E-state index in [-0.39, 0.29) is 6.04 Å². The predicted octanol–water partition coefficient (Wildman–Crippen LogP) is 3.81. The SMILES string of the molecule is CCCNC(c1ccc(F)c(F)c1)C1CCC1. The van der Waals surface area contributed by atoms with Crippen molar-refractivity contribution < 1.29 is 8.78 Å². The summed E-state index contributed by atoms with van der Waals surface area (Å²) < 4.78 is 26.2. The molecule has 1 nitrogen and oxygen atoms in total. The van der Waals surface area contributed by atoms with Crippen molar-refractivity contribution in [1.82, 2.24) is 5.32 Å². The summed E-state index contributed by atoms with van der Waals surface area (Å²) in [7, 11) is 0. The van der Waals surface area contributed by atoms with Gasteiger partial charge >= 0.3 is 0 Å². The average Bonchev–Trinajstić information content (AvgIpc) is 2.25. The molecule has 0 saturated heterocycles. The van der Waals surface area contributed by atoms with Crippen LogP contribution in [-0.2, 0) is 0 Å². The fraction of sp³-hybridized carbons (Fsp3) is 0.571. The minimum Gasteiger partial charge on any atom is -0.310 e. The molecule has 2 rings (SSSR count). The van der Waals surface area contributed by atoms with Crippen LogP contribution in [0.5, 0.6) is 0 Å². The Morgan fingerprint density at radius 1 is 1.29 bits per heavy atom. The van der Waals surface area contributed by atoms with Crippen molar-refractivity contribution in [3.63, 3.8) is 0 Å². The molecule has 0 aliphatic heterocycles. The van der Waals surface area contributed by atoms with Gasteiger partial charge < -0.3 is 5.32 Å². The van der Waals surface area contributed by atoms with Crippen molar-refractivity contribution in [2.75, 3.05) is 6.54 Å². The summed E-state index contributed by atoms with van der Waals surface area (Å²) in [6.45, 7) is 3.02. The van der Waals surface area contributed by atoms with Crippen LogP contribution in [0.25, 0.3) is 0 Å². The van der Waals surface area contributed by atoms with E-state index in [1.807, 2.05) is 0 Å². The Morgan fingerprint density at radius 3 is 2.59 bits per heavy atom. The van der Waals surface area contributed by atoms with Crippen molar-refractivity contribution in [2.45, 2.75) is 38.6 Å². The van der Waals surface area contributed by atoms with Crippen molar-refractivity contribution in [3.05, 3.63) is 35.4 Å². The van der Waals surface area contributed by atoms with E-state index in [0.29, 0.717) is 5.92 Å². The maximum Gasteiger partial charge on any atom is 0.159 e. The number of halogens is 2. The molecule has 0 amide bonds. The van der Waals surface area contributed by atoms with Gasteiger partial charge in [-0.15, -0.1) is 0 Å². The number of rotatable bonds is 5. The van der Waals surface area contributed by atoms with E-state index < -0.39 is 11.6 Å². The van der Waals surface area contributed by atoms with Crippen LogP contribution in [0.2, 0.25) is 0 Å². The lowest BCUT2D eigenvalue weighted by Crippen LogP contribution is -2.32. The third kappa shape index (κ3) is 2.83. The normalized spacial score (nSPS) is 17.8. The fourth-order valence-electron chi connectivity index (χ4n) is 2.34. The molecule has 1 fully saturated rings. The number of hydrogen-bond acceptors (Lipinski definition) is 1. The van der Waals surface area contributed by atoms with Gasteiger partial charge in [0.1, 0.15) is 0 Å². The number of benzene rings is 1. The molecule has 0 heterocycles. The summed E-state index contributed by atoms with van der Waals surface area (Å²) in [4.78, 5) is 0. The molecule has 17 heavy (non-hydrogen) atoms. The van der Waals surface area contributed by atoms with E-state index >= 15 is 0 Å². The Bertz CT molecular complexity index is 374. The minimum absolute atomic E-state index is 0.179. The quantitative estimate of drug-likeness (QED) is 0.824. The van der Waals surface area contributed by atoms with E-state index in [9.17, 15) is 8.78 Å². The van der Waals surface area contributed by atoms with Crippen LogP contribution in [0.3, 0.4) is 0 Å². The highest BCUT2D eigenvalue weighted by molar-refractivity contribution is 5.22. The maximum absolute atomic E-state index is 13.2.